The van der Waals surface area contributed by atoms with Gasteiger partial charge >= 0.3 is 0 Å². The van der Waals surface area contributed by atoms with E-state index in [0.717, 1.165) is 18.9 Å². The first-order chi connectivity index (χ1) is 9.02. The molecule has 0 aliphatic heterocycles. The van der Waals surface area contributed by atoms with Crippen molar-refractivity contribution in [3.63, 3.8) is 0 Å². The van der Waals surface area contributed by atoms with Crippen molar-refractivity contribution in [2.45, 2.75) is 18.9 Å². The molecule has 1 aromatic carbocycles. The molecule has 0 bridgehead atoms. The lowest BCUT2D eigenvalue weighted by Gasteiger charge is -2.16. The Morgan fingerprint density at radius 1 is 1.37 bits per heavy atom. The van der Waals surface area contributed by atoms with E-state index in [1.54, 1.807) is 0 Å². The molecule has 19 heavy (non-hydrogen) atoms. The summed E-state index contributed by atoms with van der Waals surface area (Å²) in [5.41, 5.74) is 5.72. The SMILES string of the molecule is N/C(=N/O)C(NC(=O)c1ccc(O)c(O)c1)C1CC1. The third kappa shape index (κ3) is 2.87. The predicted octanol–water partition coefficient (Wildman–Crippen LogP) is 0.353. The molecule has 7 heteroatoms. The molecular formula is C12H15N3O4. The summed E-state index contributed by atoms with van der Waals surface area (Å²) in [5, 5.41) is 32.8. The van der Waals surface area contributed by atoms with Crippen molar-refractivity contribution >= 4 is 11.7 Å². The van der Waals surface area contributed by atoms with Crippen LogP contribution in [0.2, 0.25) is 0 Å². The number of amides is 1. The Bertz CT molecular complexity index is 526. The highest BCUT2D eigenvalue weighted by Crippen LogP contribution is 2.33. The van der Waals surface area contributed by atoms with Crippen molar-refractivity contribution in [1.82, 2.24) is 5.32 Å². The van der Waals surface area contributed by atoms with Gasteiger partial charge in [0.2, 0.25) is 0 Å². The Morgan fingerprint density at radius 3 is 2.58 bits per heavy atom. The van der Waals surface area contributed by atoms with Gasteiger partial charge in [0.1, 0.15) is 0 Å². The van der Waals surface area contributed by atoms with Gasteiger partial charge in [-0.05, 0) is 37.0 Å². The lowest BCUT2D eigenvalue weighted by molar-refractivity contribution is 0.0942. The van der Waals surface area contributed by atoms with Crippen molar-refractivity contribution < 1.29 is 20.2 Å². The topological polar surface area (TPSA) is 128 Å². The van der Waals surface area contributed by atoms with Crippen LogP contribution in [0.1, 0.15) is 23.2 Å². The highest BCUT2D eigenvalue weighted by molar-refractivity contribution is 5.98. The number of nitrogens with zero attached hydrogens (tertiary/aromatic N) is 1. The van der Waals surface area contributed by atoms with Gasteiger partial charge in [-0.2, -0.15) is 0 Å². The van der Waals surface area contributed by atoms with Crippen LogP contribution in [-0.4, -0.2) is 33.2 Å². The van der Waals surface area contributed by atoms with E-state index in [2.05, 4.69) is 10.5 Å². The number of hydrogen-bond acceptors (Lipinski definition) is 5. The van der Waals surface area contributed by atoms with E-state index >= 15 is 0 Å². The molecular weight excluding hydrogens is 250 g/mol. The predicted molar refractivity (Wildman–Crippen MR) is 67.2 cm³/mol. The largest absolute Gasteiger partial charge is 0.504 e. The first kappa shape index (κ1) is 13.0. The maximum Gasteiger partial charge on any atom is 0.252 e. The van der Waals surface area contributed by atoms with Crippen molar-refractivity contribution in [2.24, 2.45) is 16.8 Å². The van der Waals surface area contributed by atoms with Crippen molar-refractivity contribution in [1.29, 1.82) is 0 Å². The van der Waals surface area contributed by atoms with E-state index in [-0.39, 0.29) is 28.8 Å². The van der Waals surface area contributed by atoms with E-state index in [9.17, 15) is 15.0 Å². The van der Waals surface area contributed by atoms with Crippen LogP contribution < -0.4 is 11.1 Å². The summed E-state index contributed by atoms with van der Waals surface area (Å²) in [6.45, 7) is 0. The third-order valence-corrected chi connectivity index (χ3v) is 3.05. The van der Waals surface area contributed by atoms with Gasteiger partial charge in [0.15, 0.2) is 17.3 Å². The van der Waals surface area contributed by atoms with Gasteiger partial charge in [-0.1, -0.05) is 5.16 Å². The molecule has 0 saturated heterocycles. The molecule has 1 unspecified atom stereocenters. The van der Waals surface area contributed by atoms with Crippen molar-refractivity contribution in [3.05, 3.63) is 23.8 Å². The maximum absolute atomic E-state index is 12.0. The van der Waals surface area contributed by atoms with Crippen LogP contribution in [0.25, 0.3) is 0 Å². The number of nitrogens with one attached hydrogen (secondary N) is 1. The fraction of sp³-hybridized carbons (Fsp3) is 0.333. The van der Waals surface area contributed by atoms with Crippen LogP contribution in [-0.2, 0) is 0 Å². The molecule has 0 heterocycles. The van der Waals surface area contributed by atoms with Gasteiger partial charge in [-0.25, -0.2) is 0 Å². The van der Waals surface area contributed by atoms with E-state index in [1.807, 2.05) is 0 Å². The Morgan fingerprint density at radius 2 is 2.05 bits per heavy atom. The Labute approximate surface area is 109 Å². The normalized spacial score (nSPS) is 16.9. The molecule has 0 aromatic heterocycles. The van der Waals surface area contributed by atoms with Crippen LogP contribution in [0, 0.1) is 5.92 Å². The number of phenolic OH excluding ortho intramolecular Hbond substituents is 2. The monoisotopic (exact) mass is 265 g/mol. The number of carbonyl (C=O) groups is 1. The zero-order valence-electron chi connectivity index (χ0n) is 10.1. The van der Waals surface area contributed by atoms with Crippen molar-refractivity contribution in [2.75, 3.05) is 0 Å². The van der Waals surface area contributed by atoms with E-state index in [4.69, 9.17) is 10.9 Å². The van der Waals surface area contributed by atoms with Gasteiger partial charge < -0.3 is 26.5 Å². The molecule has 102 valence electrons. The molecule has 1 amide bonds. The number of rotatable bonds is 4. The fourth-order valence-electron chi connectivity index (χ4n) is 1.81. The van der Waals surface area contributed by atoms with Crippen LogP contribution in [0.4, 0.5) is 0 Å². The maximum atomic E-state index is 12.0. The highest BCUT2D eigenvalue weighted by Gasteiger charge is 2.35. The first-order valence-electron chi connectivity index (χ1n) is 5.83. The average Bonchev–Trinajstić information content (AvgIpc) is 3.22. The second-order valence-electron chi connectivity index (χ2n) is 4.52. The standard InChI is InChI=1S/C12H15N3O4/c13-11(15-19)10(6-1-2-6)14-12(18)7-3-4-8(16)9(17)5-7/h3-6,10,16-17,19H,1-2H2,(H2,13,15)(H,14,18). The summed E-state index contributed by atoms with van der Waals surface area (Å²) >= 11 is 0. The zero-order chi connectivity index (χ0) is 14.0. The number of benzene rings is 1. The van der Waals surface area contributed by atoms with Gasteiger partial charge in [-0.3, -0.25) is 4.79 Å². The van der Waals surface area contributed by atoms with E-state index in [0.29, 0.717) is 0 Å². The Kier molecular flexibility index (Phi) is 3.46. The average molecular weight is 265 g/mol. The van der Waals surface area contributed by atoms with Gasteiger partial charge in [-0.15, -0.1) is 0 Å². The number of phenols is 2. The minimum atomic E-state index is -0.520. The Balaban J connectivity index is 2.12. The van der Waals surface area contributed by atoms with Crippen LogP contribution in [0.5, 0.6) is 11.5 Å². The van der Waals surface area contributed by atoms with Crippen molar-refractivity contribution in [3.8, 4) is 11.5 Å². The summed E-state index contributed by atoms with van der Waals surface area (Å²) < 4.78 is 0. The molecule has 1 fully saturated rings. The third-order valence-electron chi connectivity index (χ3n) is 3.05. The molecule has 1 aromatic rings. The quantitative estimate of drug-likeness (QED) is 0.176. The number of nitrogens with two attached hydrogens (primary N) is 1. The van der Waals surface area contributed by atoms with Gasteiger partial charge in [0.05, 0.1) is 6.04 Å². The summed E-state index contributed by atoms with van der Waals surface area (Å²) in [7, 11) is 0. The minimum absolute atomic E-state index is 0.0427. The van der Waals surface area contributed by atoms with E-state index < -0.39 is 11.9 Å². The molecule has 1 atom stereocenters. The number of amidine groups is 1. The Hall–Kier alpha value is -2.44. The van der Waals surface area contributed by atoms with Crippen LogP contribution in [0.15, 0.2) is 23.4 Å². The lowest BCUT2D eigenvalue weighted by Crippen LogP contribution is -2.46. The number of carbonyl (C=O) groups excluding carboxylic acids is 1. The molecule has 1 saturated carbocycles. The second kappa shape index (κ2) is 5.05. The lowest BCUT2D eigenvalue weighted by atomic mass is 10.1. The summed E-state index contributed by atoms with van der Waals surface area (Å²) in [4.78, 5) is 12.0. The number of oxime groups is 1. The molecule has 7 nitrogen and oxygen atoms in total. The van der Waals surface area contributed by atoms with Gasteiger partial charge in [0.25, 0.3) is 5.91 Å². The van der Waals surface area contributed by atoms with E-state index in [1.165, 1.54) is 12.1 Å². The smallest absolute Gasteiger partial charge is 0.252 e. The van der Waals surface area contributed by atoms with Gasteiger partial charge in [0, 0.05) is 5.56 Å². The first-order valence-corrected chi connectivity index (χ1v) is 5.83. The molecule has 6 N–H and O–H groups in total. The molecule has 2 rings (SSSR count). The second-order valence-corrected chi connectivity index (χ2v) is 4.52. The molecule has 1 aliphatic rings. The number of hydrogen-bond donors (Lipinski definition) is 5. The molecule has 1 aliphatic carbocycles. The minimum Gasteiger partial charge on any atom is -0.504 e. The fourth-order valence-corrected chi connectivity index (χ4v) is 1.81. The summed E-state index contributed by atoms with van der Waals surface area (Å²) in [6.07, 6.45) is 1.81. The highest BCUT2D eigenvalue weighted by atomic mass is 16.4. The summed E-state index contributed by atoms with van der Waals surface area (Å²) in [6, 6.07) is 3.23. The summed E-state index contributed by atoms with van der Waals surface area (Å²) in [5.74, 6) is -1.01. The zero-order valence-corrected chi connectivity index (χ0v) is 10.1. The number of aromatic hydroxyl groups is 2. The molecule has 0 radical (unpaired) electrons. The van der Waals surface area contributed by atoms with Crippen LogP contribution >= 0.6 is 0 Å². The molecule has 0 spiro atoms. The van der Waals surface area contributed by atoms with Crippen LogP contribution in [0.3, 0.4) is 0 Å².